The number of ether oxygens (including phenoxy) is 3. The molecule has 0 unspecified atom stereocenters. The number of nitrogens with zero attached hydrogens (tertiary/aromatic N) is 1. The molecule has 2 heterocycles. The smallest absolute Gasteiger partial charge is 0.376 e. The molecule has 0 bridgehead atoms. The topological polar surface area (TPSA) is 105 Å². The summed E-state index contributed by atoms with van der Waals surface area (Å²) < 4.78 is 22.3. The molecule has 1 aromatic heterocycles. The van der Waals surface area contributed by atoms with E-state index in [2.05, 4.69) is 4.98 Å². The summed E-state index contributed by atoms with van der Waals surface area (Å²) >= 11 is -1.08. The molecule has 1 aliphatic heterocycles. The van der Waals surface area contributed by atoms with Crippen LogP contribution in [0.25, 0.3) is 11.3 Å². The van der Waals surface area contributed by atoms with Crippen LogP contribution in [0.3, 0.4) is 0 Å². The largest absolute Gasteiger partial charge is 0.460 e. The van der Waals surface area contributed by atoms with Crippen LogP contribution in [0.15, 0.2) is 28.7 Å². The summed E-state index contributed by atoms with van der Waals surface area (Å²) in [4.78, 5) is 41.3. The van der Waals surface area contributed by atoms with Crippen LogP contribution in [-0.4, -0.2) is 38.8 Å². The van der Waals surface area contributed by atoms with Gasteiger partial charge in [-0.3, -0.25) is 0 Å². The molecule has 1 saturated carbocycles. The third-order valence-electron chi connectivity index (χ3n) is 4.80. The zero-order valence-corrected chi connectivity index (χ0v) is 18.7. The lowest BCUT2D eigenvalue weighted by atomic mass is 10.1. The van der Waals surface area contributed by atoms with E-state index in [0.29, 0.717) is 30.0 Å². The van der Waals surface area contributed by atoms with Crippen molar-refractivity contribution in [1.29, 1.82) is 0 Å². The Bertz CT molecular complexity index is 1010. The number of oxazole rings is 1. The number of aromatic nitrogens is 1. The summed E-state index contributed by atoms with van der Waals surface area (Å²) in [5.74, 6) is -2.36. The molecule has 2 aromatic rings. The van der Waals surface area contributed by atoms with Crippen molar-refractivity contribution in [2.45, 2.75) is 45.3 Å². The molecule has 2 aliphatic rings. The zero-order valence-electron chi connectivity index (χ0n) is 16.5. The molecule has 0 amide bonds. The number of rotatable bonds is 4. The Morgan fingerprint density at radius 3 is 2.37 bits per heavy atom. The summed E-state index contributed by atoms with van der Waals surface area (Å²) in [7, 11) is 0. The van der Waals surface area contributed by atoms with Gasteiger partial charge in [-0.25, -0.2) is 19.4 Å². The van der Waals surface area contributed by atoms with Gasteiger partial charge in [0.1, 0.15) is 5.69 Å². The van der Waals surface area contributed by atoms with E-state index in [0.717, 1.165) is 16.4 Å². The van der Waals surface area contributed by atoms with Crippen LogP contribution in [-0.2, 0) is 23.8 Å². The van der Waals surface area contributed by atoms with E-state index in [-0.39, 0.29) is 15.9 Å². The van der Waals surface area contributed by atoms with Gasteiger partial charge in [0.25, 0.3) is 5.79 Å². The van der Waals surface area contributed by atoms with E-state index in [9.17, 15) is 14.4 Å². The maximum Gasteiger partial charge on any atom is 0.376 e. The molecule has 1 aliphatic carbocycles. The highest BCUT2D eigenvalue weighted by atomic mass is 127. The van der Waals surface area contributed by atoms with Gasteiger partial charge in [-0.15, -0.1) is 0 Å². The number of carbonyl (C=O) groups excluding carboxylic acids is 3. The summed E-state index contributed by atoms with van der Waals surface area (Å²) in [5, 5.41) is 0. The fraction of sp³-hybridized carbons (Fsp3) is 0.381. The first-order valence-electron chi connectivity index (χ1n) is 9.64. The van der Waals surface area contributed by atoms with Gasteiger partial charge in [0.15, 0.2) is 9.40 Å². The maximum absolute atomic E-state index is 12.4. The summed E-state index contributed by atoms with van der Waals surface area (Å²) in [6, 6.07) is 7.14. The predicted molar refractivity (Wildman–Crippen MR) is 114 cm³/mol. The minimum absolute atomic E-state index is 0.0486. The summed E-state index contributed by atoms with van der Waals surface area (Å²) in [6.07, 6.45) is 2.87. The van der Waals surface area contributed by atoms with E-state index in [1.165, 1.54) is 0 Å². The average molecular weight is 525 g/mol. The fourth-order valence-electron chi connectivity index (χ4n) is 3.46. The number of benzene rings is 1. The Balaban J connectivity index is 1.57. The number of hydrogen-bond acceptors (Lipinski definition) is 8. The molecule has 0 atom stereocenters. The molecule has 1 saturated heterocycles. The fourth-order valence-corrected chi connectivity index (χ4v) is 5.47. The Morgan fingerprint density at radius 1 is 1.13 bits per heavy atom. The molecule has 0 radical (unpaired) electrons. The standard InChI is InChI=1S/C21H20INO7/c1-3-27-20(26)17-16(23-12(2)28-17)13-6-8-14(9-7-13)22-15-18(24)29-21(30-19(15)25)10-4-5-11-21/h6-9H,3-5,10-11H2,1-2H3. The van der Waals surface area contributed by atoms with Gasteiger partial charge in [-0.05, 0) is 31.9 Å². The predicted octanol–water partition coefficient (Wildman–Crippen LogP) is 3.51. The van der Waals surface area contributed by atoms with E-state index in [1.54, 1.807) is 38.1 Å². The van der Waals surface area contributed by atoms with Crippen molar-refractivity contribution in [2.24, 2.45) is 0 Å². The van der Waals surface area contributed by atoms with E-state index in [4.69, 9.17) is 18.6 Å². The molecular weight excluding hydrogens is 505 g/mol. The zero-order chi connectivity index (χ0) is 21.3. The Labute approximate surface area is 182 Å². The molecule has 0 N–H and O–H groups in total. The van der Waals surface area contributed by atoms with Gasteiger partial charge in [0.2, 0.25) is 5.76 Å². The Kier molecular flexibility index (Phi) is 5.72. The van der Waals surface area contributed by atoms with E-state index in [1.807, 2.05) is 0 Å². The quantitative estimate of drug-likeness (QED) is 0.442. The highest BCUT2D eigenvalue weighted by molar-refractivity contribution is 14.2. The van der Waals surface area contributed by atoms with Crippen LogP contribution in [0.1, 0.15) is 49.1 Å². The number of halogens is 1. The van der Waals surface area contributed by atoms with Crippen molar-refractivity contribution in [3.05, 3.63) is 39.5 Å². The van der Waals surface area contributed by atoms with Crippen LogP contribution < -0.4 is 0 Å². The normalized spacial score (nSPS) is 17.7. The van der Waals surface area contributed by atoms with Crippen LogP contribution >= 0.6 is 20.7 Å². The van der Waals surface area contributed by atoms with Crippen molar-refractivity contribution in [2.75, 3.05) is 6.61 Å². The molecule has 1 aromatic carbocycles. The minimum Gasteiger partial charge on any atom is -0.460 e. The number of aryl methyl sites for hydroxylation is 1. The monoisotopic (exact) mass is 525 g/mol. The van der Waals surface area contributed by atoms with Crippen LogP contribution in [0.5, 0.6) is 0 Å². The van der Waals surface area contributed by atoms with Crippen LogP contribution in [0.2, 0.25) is 0 Å². The Hall–Kier alpha value is -2.56. The maximum atomic E-state index is 12.4. The molecule has 30 heavy (non-hydrogen) atoms. The van der Waals surface area contributed by atoms with Crippen molar-refractivity contribution >= 4 is 42.1 Å². The van der Waals surface area contributed by atoms with E-state index < -0.39 is 44.4 Å². The highest BCUT2D eigenvalue weighted by Crippen LogP contribution is 2.38. The average Bonchev–Trinajstić information content (AvgIpc) is 3.32. The second kappa shape index (κ2) is 8.29. The van der Waals surface area contributed by atoms with Gasteiger partial charge in [0.05, 0.1) is 6.61 Å². The van der Waals surface area contributed by atoms with Gasteiger partial charge < -0.3 is 18.6 Å². The van der Waals surface area contributed by atoms with Crippen LogP contribution in [0, 0.1) is 10.5 Å². The van der Waals surface area contributed by atoms with Crippen molar-refractivity contribution in [3.8, 4) is 11.3 Å². The SMILES string of the molecule is CCOC(=O)c1oc(C)nc1-c1ccc(I=C2C(=O)OC3(CCCC3)OC2=O)cc1. The molecule has 4 rings (SSSR count). The van der Waals surface area contributed by atoms with Gasteiger partial charge in [-0.1, -0.05) is 32.9 Å². The summed E-state index contributed by atoms with van der Waals surface area (Å²) in [5.41, 5.74) is 1.06. The van der Waals surface area contributed by atoms with Crippen molar-refractivity contribution in [1.82, 2.24) is 4.98 Å². The number of hydrogen-bond donors (Lipinski definition) is 0. The third-order valence-corrected chi connectivity index (χ3v) is 7.56. The lowest BCUT2D eigenvalue weighted by molar-refractivity contribution is -0.224. The van der Waals surface area contributed by atoms with Crippen LogP contribution in [0.4, 0.5) is 0 Å². The van der Waals surface area contributed by atoms with Crippen molar-refractivity contribution < 1.29 is 33.0 Å². The summed E-state index contributed by atoms with van der Waals surface area (Å²) in [6.45, 7) is 3.60. The van der Waals surface area contributed by atoms with E-state index >= 15 is 0 Å². The lowest BCUT2D eigenvalue weighted by Crippen LogP contribution is -2.48. The molecule has 2 fully saturated rings. The minimum atomic E-state index is -1.08. The molecule has 8 nitrogen and oxygen atoms in total. The molecule has 158 valence electrons. The first kappa shape index (κ1) is 20.7. The third kappa shape index (κ3) is 4.03. The molecular formula is C21H20INO7. The van der Waals surface area contributed by atoms with Gasteiger partial charge in [-0.2, -0.15) is 0 Å². The van der Waals surface area contributed by atoms with Crippen molar-refractivity contribution in [3.63, 3.8) is 0 Å². The second-order valence-electron chi connectivity index (χ2n) is 6.94. The Morgan fingerprint density at radius 2 is 1.77 bits per heavy atom. The van der Waals surface area contributed by atoms with Gasteiger partial charge >= 0.3 is 17.9 Å². The number of esters is 3. The van der Waals surface area contributed by atoms with Gasteiger partial charge in [0, 0.05) is 28.9 Å². The molecule has 9 heteroatoms. The first-order chi connectivity index (χ1) is 14.4. The number of carbonyl (C=O) groups is 3. The molecule has 1 spiro atoms. The first-order valence-corrected chi connectivity index (χ1v) is 11.8. The second-order valence-corrected chi connectivity index (χ2v) is 9.81. The lowest BCUT2D eigenvalue weighted by Gasteiger charge is -2.32. The highest BCUT2D eigenvalue weighted by Gasteiger charge is 2.48.